The molecule has 2 bridgehead atoms. The standard InChI is InChI=1S/C18H35N3/c1-3-8-19-18(16-7-5-6-15(4-2)13-16)17-14-20-9-11-21(17)12-10-20/h15-19H,3-14H2,1-2H3. The van der Waals surface area contributed by atoms with Crippen molar-refractivity contribution in [3.8, 4) is 0 Å². The minimum absolute atomic E-state index is 0.738. The van der Waals surface area contributed by atoms with Gasteiger partial charge in [0.2, 0.25) is 0 Å². The molecular formula is C18H35N3. The highest BCUT2D eigenvalue weighted by atomic mass is 15.4. The lowest BCUT2D eigenvalue weighted by Crippen LogP contribution is -2.67. The summed E-state index contributed by atoms with van der Waals surface area (Å²) < 4.78 is 0. The summed E-state index contributed by atoms with van der Waals surface area (Å²) in [4.78, 5) is 5.49. The SMILES string of the molecule is CCCNC(C1CCCC(CC)C1)C1CN2CCN1CC2. The first kappa shape index (κ1) is 15.8. The highest BCUT2D eigenvalue weighted by Crippen LogP contribution is 2.35. The molecule has 4 atom stereocenters. The number of rotatable bonds is 6. The van der Waals surface area contributed by atoms with Gasteiger partial charge in [0.05, 0.1) is 0 Å². The van der Waals surface area contributed by atoms with Crippen molar-refractivity contribution in [3.05, 3.63) is 0 Å². The number of hydrogen-bond donors (Lipinski definition) is 1. The summed E-state index contributed by atoms with van der Waals surface area (Å²) >= 11 is 0. The molecule has 3 nitrogen and oxygen atoms in total. The summed E-state index contributed by atoms with van der Waals surface area (Å²) in [5, 5.41) is 3.97. The Morgan fingerprint density at radius 3 is 2.52 bits per heavy atom. The number of piperazine rings is 3. The average Bonchev–Trinajstić information content (AvgIpc) is 2.56. The van der Waals surface area contributed by atoms with Crippen LogP contribution in [0.5, 0.6) is 0 Å². The lowest BCUT2D eigenvalue weighted by Gasteiger charge is -2.52. The maximum atomic E-state index is 3.97. The number of nitrogens with one attached hydrogen (secondary N) is 1. The van der Waals surface area contributed by atoms with Crippen LogP contribution in [0.15, 0.2) is 0 Å². The summed E-state index contributed by atoms with van der Waals surface area (Å²) in [5.41, 5.74) is 0. The molecule has 0 radical (unpaired) electrons. The van der Waals surface area contributed by atoms with E-state index < -0.39 is 0 Å². The van der Waals surface area contributed by atoms with E-state index in [-0.39, 0.29) is 0 Å². The van der Waals surface area contributed by atoms with Crippen LogP contribution in [0.3, 0.4) is 0 Å². The Balaban J connectivity index is 1.68. The van der Waals surface area contributed by atoms with Crippen LogP contribution in [-0.2, 0) is 0 Å². The molecule has 4 aliphatic rings. The zero-order valence-electron chi connectivity index (χ0n) is 14.2. The quantitative estimate of drug-likeness (QED) is 0.812. The summed E-state index contributed by atoms with van der Waals surface area (Å²) in [6.45, 7) is 12.4. The molecule has 122 valence electrons. The molecule has 3 heterocycles. The van der Waals surface area contributed by atoms with Gasteiger partial charge in [-0.05, 0) is 37.6 Å². The van der Waals surface area contributed by atoms with Gasteiger partial charge in [0.15, 0.2) is 0 Å². The Morgan fingerprint density at radius 2 is 1.90 bits per heavy atom. The number of hydrogen-bond acceptors (Lipinski definition) is 3. The lowest BCUT2D eigenvalue weighted by molar-refractivity contribution is -0.0187. The fourth-order valence-electron chi connectivity index (χ4n) is 4.96. The summed E-state index contributed by atoms with van der Waals surface area (Å²) in [5.74, 6) is 1.91. The Kier molecular flexibility index (Phi) is 5.58. The third-order valence-electron chi connectivity index (χ3n) is 6.27. The van der Waals surface area contributed by atoms with Crippen LogP contribution in [0.4, 0.5) is 0 Å². The van der Waals surface area contributed by atoms with Crippen LogP contribution in [0.25, 0.3) is 0 Å². The van der Waals surface area contributed by atoms with Crippen LogP contribution in [0.2, 0.25) is 0 Å². The first-order chi connectivity index (χ1) is 10.3. The van der Waals surface area contributed by atoms with E-state index in [1.54, 1.807) is 0 Å². The highest BCUT2D eigenvalue weighted by molar-refractivity contribution is 4.98. The largest absolute Gasteiger partial charge is 0.312 e. The second-order valence-electron chi connectivity index (χ2n) is 7.58. The Labute approximate surface area is 131 Å². The van der Waals surface area contributed by atoms with Crippen LogP contribution >= 0.6 is 0 Å². The monoisotopic (exact) mass is 293 g/mol. The molecule has 4 fully saturated rings. The van der Waals surface area contributed by atoms with Gasteiger partial charge in [-0.3, -0.25) is 9.80 Å². The van der Waals surface area contributed by atoms with Gasteiger partial charge in [-0.1, -0.05) is 33.1 Å². The van der Waals surface area contributed by atoms with Crippen molar-refractivity contribution >= 4 is 0 Å². The Morgan fingerprint density at radius 1 is 1.10 bits per heavy atom. The van der Waals surface area contributed by atoms with Crippen molar-refractivity contribution in [2.45, 2.75) is 64.5 Å². The second kappa shape index (κ2) is 7.43. The van der Waals surface area contributed by atoms with Gasteiger partial charge in [0, 0.05) is 44.8 Å². The molecule has 0 aromatic rings. The molecule has 4 rings (SSSR count). The molecule has 3 aliphatic heterocycles. The van der Waals surface area contributed by atoms with Crippen molar-refractivity contribution in [2.24, 2.45) is 11.8 Å². The van der Waals surface area contributed by atoms with Gasteiger partial charge in [0.1, 0.15) is 0 Å². The molecule has 21 heavy (non-hydrogen) atoms. The van der Waals surface area contributed by atoms with E-state index in [2.05, 4.69) is 29.0 Å². The minimum atomic E-state index is 0.738. The summed E-state index contributed by atoms with van der Waals surface area (Å²) in [7, 11) is 0. The van der Waals surface area contributed by atoms with Crippen molar-refractivity contribution in [1.29, 1.82) is 0 Å². The van der Waals surface area contributed by atoms with Gasteiger partial charge in [0.25, 0.3) is 0 Å². The normalized spacial score (nSPS) is 41.1. The van der Waals surface area contributed by atoms with Crippen molar-refractivity contribution in [2.75, 3.05) is 39.3 Å². The smallest absolute Gasteiger partial charge is 0.0380 e. The van der Waals surface area contributed by atoms with Gasteiger partial charge in [-0.15, -0.1) is 0 Å². The second-order valence-corrected chi connectivity index (χ2v) is 7.58. The van der Waals surface area contributed by atoms with E-state index in [9.17, 15) is 0 Å². The number of nitrogens with zero attached hydrogens (tertiary/aromatic N) is 2. The predicted molar refractivity (Wildman–Crippen MR) is 89.6 cm³/mol. The lowest BCUT2D eigenvalue weighted by atomic mass is 9.74. The molecule has 0 aromatic heterocycles. The van der Waals surface area contributed by atoms with Crippen LogP contribution in [-0.4, -0.2) is 61.2 Å². The third kappa shape index (κ3) is 3.62. The summed E-state index contributed by atoms with van der Waals surface area (Å²) in [6.07, 6.45) is 8.52. The molecule has 3 heteroatoms. The zero-order valence-corrected chi connectivity index (χ0v) is 14.2. The zero-order chi connectivity index (χ0) is 14.7. The molecule has 1 N–H and O–H groups in total. The number of fused-ring (bicyclic) bond motifs is 3. The molecule has 1 aliphatic carbocycles. The summed E-state index contributed by atoms with van der Waals surface area (Å²) in [6, 6.07) is 1.52. The fraction of sp³-hybridized carbons (Fsp3) is 1.00. The molecule has 0 amide bonds. The predicted octanol–water partition coefficient (Wildman–Crippen LogP) is 2.57. The molecule has 3 saturated heterocycles. The van der Waals surface area contributed by atoms with Gasteiger partial charge in [-0.2, -0.15) is 0 Å². The van der Waals surface area contributed by atoms with Gasteiger partial charge < -0.3 is 5.32 Å². The van der Waals surface area contributed by atoms with E-state index in [0.717, 1.165) is 23.9 Å². The third-order valence-corrected chi connectivity index (χ3v) is 6.27. The van der Waals surface area contributed by atoms with E-state index in [1.165, 1.54) is 77.8 Å². The van der Waals surface area contributed by atoms with E-state index in [4.69, 9.17) is 0 Å². The van der Waals surface area contributed by atoms with Crippen molar-refractivity contribution in [3.63, 3.8) is 0 Å². The van der Waals surface area contributed by atoms with Crippen LogP contribution in [0.1, 0.15) is 52.4 Å². The topological polar surface area (TPSA) is 18.5 Å². The molecular weight excluding hydrogens is 258 g/mol. The minimum Gasteiger partial charge on any atom is -0.312 e. The van der Waals surface area contributed by atoms with Crippen LogP contribution < -0.4 is 5.32 Å². The highest BCUT2D eigenvalue weighted by Gasteiger charge is 2.40. The molecule has 1 saturated carbocycles. The molecule has 0 spiro atoms. The fourth-order valence-corrected chi connectivity index (χ4v) is 4.96. The first-order valence-corrected chi connectivity index (χ1v) is 9.51. The Hall–Kier alpha value is -0.120. The Bertz CT molecular complexity index is 312. The maximum absolute atomic E-state index is 3.97. The van der Waals surface area contributed by atoms with Crippen LogP contribution in [0, 0.1) is 11.8 Å². The average molecular weight is 293 g/mol. The molecule has 0 aromatic carbocycles. The van der Waals surface area contributed by atoms with E-state index in [1.807, 2.05) is 0 Å². The maximum Gasteiger partial charge on any atom is 0.0380 e. The molecule has 4 unspecified atom stereocenters. The van der Waals surface area contributed by atoms with Crippen molar-refractivity contribution < 1.29 is 0 Å². The first-order valence-electron chi connectivity index (χ1n) is 9.51. The van der Waals surface area contributed by atoms with E-state index in [0.29, 0.717) is 0 Å². The van der Waals surface area contributed by atoms with Gasteiger partial charge >= 0.3 is 0 Å². The van der Waals surface area contributed by atoms with Gasteiger partial charge in [-0.25, -0.2) is 0 Å². The van der Waals surface area contributed by atoms with E-state index >= 15 is 0 Å². The van der Waals surface area contributed by atoms with Crippen molar-refractivity contribution in [1.82, 2.24) is 15.1 Å².